The lowest BCUT2D eigenvalue weighted by Crippen LogP contribution is -2.34. The average molecular weight is 340 g/mol. The van der Waals surface area contributed by atoms with Crippen molar-refractivity contribution < 1.29 is 9.53 Å². The molecule has 0 unspecified atom stereocenters. The van der Waals surface area contributed by atoms with Gasteiger partial charge in [-0.3, -0.25) is 4.79 Å². The molecule has 0 atom stereocenters. The molecule has 0 radical (unpaired) electrons. The highest BCUT2D eigenvalue weighted by atomic mass is 16.5. The van der Waals surface area contributed by atoms with E-state index in [1.54, 1.807) is 12.3 Å². The van der Waals surface area contributed by atoms with Crippen molar-refractivity contribution in [2.45, 2.75) is 13.3 Å². The Morgan fingerprint density at radius 1 is 1.24 bits per heavy atom. The Balaban J connectivity index is 1.77. The number of amides is 1. The Hall–Kier alpha value is -2.60. The van der Waals surface area contributed by atoms with Crippen LogP contribution in [0.25, 0.3) is 0 Å². The third-order valence-electron chi connectivity index (χ3n) is 4.09. The molecule has 0 spiro atoms. The van der Waals surface area contributed by atoms with E-state index in [1.165, 1.54) is 0 Å². The molecule has 1 aliphatic rings. The molecule has 0 saturated carbocycles. The van der Waals surface area contributed by atoms with Gasteiger partial charge < -0.3 is 20.3 Å². The van der Waals surface area contributed by atoms with Crippen LogP contribution in [0.2, 0.25) is 0 Å². The van der Waals surface area contributed by atoms with Crippen LogP contribution in [0.15, 0.2) is 42.6 Å². The normalized spacial score (nSPS) is 14.7. The van der Waals surface area contributed by atoms with E-state index in [-0.39, 0.29) is 5.91 Å². The van der Waals surface area contributed by atoms with Crippen molar-refractivity contribution in [3.8, 4) is 5.75 Å². The summed E-state index contributed by atoms with van der Waals surface area (Å²) in [6, 6.07) is 11.3. The third kappa shape index (κ3) is 4.48. The van der Waals surface area contributed by atoms with Crippen molar-refractivity contribution in [3.05, 3.63) is 48.2 Å². The number of hydrogen-bond donors (Lipinski definition) is 2. The number of benzene rings is 1. The van der Waals surface area contributed by atoms with E-state index in [1.807, 2.05) is 42.2 Å². The molecule has 1 aromatic heterocycles. The number of nitrogens with zero attached hydrogens (tertiary/aromatic N) is 2. The smallest absolute Gasteiger partial charge is 0.257 e. The quantitative estimate of drug-likeness (QED) is 0.876. The topological polar surface area (TPSA) is 66.5 Å². The molecule has 2 heterocycles. The van der Waals surface area contributed by atoms with Crippen LogP contribution in [0.5, 0.6) is 5.75 Å². The monoisotopic (exact) mass is 340 g/mol. The summed E-state index contributed by atoms with van der Waals surface area (Å²) < 4.78 is 5.45. The van der Waals surface area contributed by atoms with Crippen LogP contribution in [0.4, 0.5) is 11.5 Å². The Morgan fingerprint density at radius 3 is 2.88 bits per heavy atom. The number of pyridine rings is 1. The highest BCUT2D eigenvalue weighted by molar-refractivity contribution is 5.99. The number of carbonyl (C=O) groups is 1. The summed E-state index contributed by atoms with van der Waals surface area (Å²) in [6.07, 6.45) is 2.66. The molecule has 6 heteroatoms. The predicted molar refractivity (Wildman–Crippen MR) is 98.5 cm³/mol. The zero-order chi connectivity index (χ0) is 17.5. The van der Waals surface area contributed by atoms with Crippen molar-refractivity contribution in [3.63, 3.8) is 0 Å². The van der Waals surface area contributed by atoms with Crippen molar-refractivity contribution in [1.82, 2.24) is 15.2 Å². The summed E-state index contributed by atoms with van der Waals surface area (Å²) in [4.78, 5) is 19.2. The minimum atomic E-state index is 0.0187. The van der Waals surface area contributed by atoms with E-state index in [0.717, 1.165) is 44.0 Å². The molecular weight excluding hydrogens is 316 g/mol. The van der Waals surface area contributed by atoms with Gasteiger partial charge in [0.15, 0.2) is 0 Å². The molecule has 1 amide bonds. The van der Waals surface area contributed by atoms with Crippen LogP contribution in [-0.4, -0.2) is 48.6 Å². The first-order valence-electron chi connectivity index (χ1n) is 8.73. The zero-order valence-corrected chi connectivity index (χ0v) is 14.5. The maximum atomic E-state index is 12.9. The molecule has 1 fully saturated rings. The van der Waals surface area contributed by atoms with Crippen LogP contribution in [0.1, 0.15) is 23.7 Å². The van der Waals surface area contributed by atoms with Gasteiger partial charge in [0.1, 0.15) is 11.6 Å². The molecule has 25 heavy (non-hydrogen) atoms. The van der Waals surface area contributed by atoms with E-state index in [4.69, 9.17) is 4.74 Å². The molecule has 2 aromatic rings. The number of aromatic nitrogens is 1. The van der Waals surface area contributed by atoms with E-state index in [0.29, 0.717) is 18.0 Å². The molecule has 6 nitrogen and oxygen atoms in total. The number of hydrogen-bond acceptors (Lipinski definition) is 5. The summed E-state index contributed by atoms with van der Waals surface area (Å²) in [5.41, 5.74) is 1.46. The second kappa shape index (κ2) is 8.48. The lowest BCUT2D eigenvalue weighted by Gasteiger charge is -2.21. The minimum absolute atomic E-state index is 0.0187. The van der Waals surface area contributed by atoms with Crippen LogP contribution in [0.3, 0.4) is 0 Å². The lowest BCUT2D eigenvalue weighted by atomic mass is 10.2. The molecule has 0 aliphatic carbocycles. The van der Waals surface area contributed by atoms with Crippen LogP contribution >= 0.6 is 0 Å². The Kier molecular flexibility index (Phi) is 5.85. The Morgan fingerprint density at radius 2 is 2.08 bits per heavy atom. The van der Waals surface area contributed by atoms with Gasteiger partial charge in [-0.15, -0.1) is 0 Å². The number of ether oxygens (including phenoxy) is 1. The number of rotatable bonds is 5. The molecule has 3 rings (SSSR count). The maximum absolute atomic E-state index is 12.9. The van der Waals surface area contributed by atoms with E-state index in [9.17, 15) is 4.79 Å². The first-order chi connectivity index (χ1) is 12.3. The molecule has 1 aromatic carbocycles. The van der Waals surface area contributed by atoms with E-state index in [2.05, 4.69) is 15.6 Å². The molecule has 0 bridgehead atoms. The molecule has 2 N–H and O–H groups in total. The predicted octanol–water partition coefficient (Wildman–Crippen LogP) is 2.66. The first kappa shape index (κ1) is 17.2. The van der Waals surface area contributed by atoms with Gasteiger partial charge in [-0.2, -0.15) is 0 Å². The summed E-state index contributed by atoms with van der Waals surface area (Å²) in [6.45, 7) is 5.86. The van der Waals surface area contributed by atoms with Crippen LogP contribution < -0.4 is 15.4 Å². The fraction of sp³-hybridized carbons (Fsp3) is 0.368. The van der Waals surface area contributed by atoms with Crippen molar-refractivity contribution in [1.29, 1.82) is 0 Å². The van der Waals surface area contributed by atoms with Gasteiger partial charge in [-0.25, -0.2) is 4.98 Å². The van der Waals surface area contributed by atoms with Gasteiger partial charge in [0.25, 0.3) is 5.91 Å². The second-order valence-corrected chi connectivity index (χ2v) is 5.88. The number of anilines is 2. The molecule has 1 saturated heterocycles. The van der Waals surface area contributed by atoms with Gasteiger partial charge in [0, 0.05) is 31.5 Å². The summed E-state index contributed by atoms with van der Waals surface area (Å²) in [5, 5.41) is 6.56. The van der Waals surface area contributed by atoms with Crippen LogP contribution in [0, 0.1) is 0 Å². The van der Waals surface area contributed by atoms with Gasteiger partial charge in [0.2, 0.25) is 0 Å². The van der Waals surface area contributed by atoms with Gasteiger partial charge in [0.05, 0.1) is 12.2 Å². The fourth-order valence-electron chi connectivity index (χ4n) is 2.83. The Labute approximate surface area is 148 Å². The highest BCUT2D eigenvalue weighted by Gasteiger charge is 2.20. The SMILES string of the molecule is CCOc1ccc(Nc2ncccc2C(=O)N2CCCNCC2)cc1. The largest absolute Gasteiger partial charge is 0.494 e. The number of nitrogens with one attached hydrogen (secondary N) is 2. The fourth-order valence-corrected chi connectivity index (χ4v) is 2.83. The van der Waals surface area contributed by atoms with Gasteiger partial charge in [-0.1, -0.05) is 0 Å². The average Bonchev–Trinajstić information content (AvgIpc) is 2.93. The summed E-state index contributed by atoms with van der Waals surface area (Å²) in [5.74, 6) is 1.42. The van der Waals surface area contributed by atoms with Gasteiger partial charge >= 0.3 is 0 Å². The van der Waals surface area contributed by atoms with Crippen molar-refractivity contribution >= 4 is 17.4 Å². The second-order valence-electron chi connectivity index (χ2n) is 5.88. The van der Waals surface area contributed by atoms with Gasteiger partial charge in [-0.05, 0) is 56.3 Å². The molecular formula is C19H24N4O2. The minimum Gasteiger partial charge on any atom is -0.494 e. The summed E-state index contributed by atoms with van der Waals surface area (Å²) >= 11 is 0. The van der Waals surface area contributed by atoms with E-state index < -0.39 is 0 Å². The van der Waals surface area contributed by atoms with Crippen molar-refractivity contribution in [2.24, 2.45) is 0 Å². The number of carbonyl (C=O) groups excluding carboxylic acids is 1. The standard InChI is InChI=1S/C19H24N4O2/c1-2-25-16-8-6-15(7-9-16)22-18-17(5-3-11-21-18)19(24)23-13-4-10-20-12-14-23/h3,5-9,11,20H,2,4,10,12-14H2,1H3,(H,21,22). The summed E-state index contributed by atoms with van der Waals surface area (Å²) in [7, 11) is 0. The highest BCUT2D eigenvalue weighted by Crippen LogP contribution is 2.22. The maximum Gasteiger partial charge on any atom is 0.257 e. The third-order valence-corrected chi connectivity index (χ3v) is 4.09. The first-order valence-corrected chi connectivity index (χ1v) is 8.73. The van der Waals surface area contributed by atoms with Crippen molar-refractivity contribution in [2.75, 3.05) is 38.1 Å². The lowest BCUT2D eigenvalue weighted by molar-refractivity contribution is 0.0767. The zero-order valence-electron chi connectivity index (χ0n) is 14.5. The van der Waals surface area contributed by atoms with Crippen LogP contribution in [-0.2, 0) is 0 Å². The Bertz CT molecular complexity index is 695. The molecule has 1 aliphatic heterocycles. The van der Waals surface area contributed by atoms with E-state index >= 15 is 0 Å². The molecule has 132 valence electrons.